The van der Waals surface area contributed by atoms with Crippen LogP contribution in [0.1, 0.15) is 20.7 Å². The van der Waals surface area contributed by atoms with E-state index in [0.717, 1.165) is 0 Å². The fourth-order valence-corrected chi connectivity index (χ4v) is 2.16. The predicted octanol–water partition coefficient (Wildman–Crippen LogP) is 2.00. The van der Waals surface area contributed by atoms with Crippen LogP contribution in [-0.4, -0.2) is 49.1 Å². The predicted molar refractivity (Wildman–Crippen MR) is 76.4 cm³/mol. The van der Waals surface area contributed by atoms with Crippen LogP contribution in [0.5, 0.6) is 5.75 Å². The first-order valence-corrected chi connectivity index (χ1v) is 6.84. The monoisotopic (exact) mass is 328 g/mol. The second-order valence-electron chi connectivity index (χ2n) is 4.90. The molecule has 1 N–H and O–H groups in total. The van der Waals surface area contributed by atoms with Crippen molar-refractivity contribution in [2.24, 2.45) is 0 Å². The molecule has 2 rings (SSSR count). The van der Waals surface area contributed by atoms with Gasteiger partial charge in [-0.25, -0.2) is 0 Å². The van der Waals surface area contributed by atoms with Crippen LogP contribution < -0.4 is 10.1 Å². The second-order valence-corrected chi connectivity index (χ2v) is 4.90. The van der Waals surface area contributed by atoms with Gasteiger partial charge in [-0.3, -0.25) is 9.59 Å². The quantitative estimate of drug-likeness (QED) is 0.860. The Kier molecular flexibility index (Phi) is 4.92. The Morgan fingerprint density at radius 1 is 1.43 bits per heavy atom. The molecule has 0 fully saturated rings. The maximum Gasteiger partial charge on any atom is 0.406 e. The Morgan fingerprint density at radius 2 is 2.17 bits per heavy atom. The molecular weight excluding hydrogens is 313 g/mol. The normalized spacial score (nSPS) is 14.1. The Hall–Kier alpha value is -2.51. The first-order valence-electron chi connectivity index (χ1n) is 6.84. The van der Waals surface area contributed by atoms with Gasteiger partial charge in [0.05, 0.1) is 12.1 Å². The van der Waals surface area contributed by atoms with Crippen LogP contribution in [0.3, 0.4) is 0 Å². The minimum Gasteiger partial charge on any atom is -0.491 e. The third-order valence-electron chi connectivity index (χ3n) is 3.12. The number of carbonyl (C=O) groups is 2. The van der Waals surface area contributed by atoms with Gasteiger partial charge in [0, 0.05) is 12.1 Å². The molecule has 0 radical (unpaired) electrons. The molecule has 0 saturated heterocycles. The lowest BCUT2D eigenvalue weighted by Gasteiger charge is -2.23. The third-order valence-corrected chi connectivity index (χ3v) is 3.12. The summed E-state index contributed by atoms with van der Waals surface area (Å²) in [7, 11) is 0. The summed E-state index contributed by atoms with van der Waals surface area (Å²) >= 11 is 0. The van der Waals surface area contributed by atoms with Crippen LogP contribution >= 0.6 is 0 Å². The molecule has 0 aliphatic carbocycles. The molecule has 1 aliphatic heterocycles. The van der Waals surface area contributed by atoms with E-state index in [1.54, 1.807) is 0 Å². The van der Waals surface area contributed by atoms with Crippen molar-refractivity contribution in [3.05, 3.63) is 42.0 Å². The van der Waals surface area contributed by atoms with E-state index in [1.165, 1.54) is 24.3 Å². The van der Waals surface area contributed by atoms with E-state index in [0.29, 0.717) is 17.2 Å². The summed E-state index contributed by atoms with van der Waals surface area (Å²) in [5.41, 5.74) is 0.106. The number of rotatable bonds is 4. The van der Waals surface area contributed by atoms with Crippen LogP contribution in [0.25, 0.3) is 0 Å². The zero-order chi connectivity index (χ0) is 17.0. The number of alkyl halides is 3. The zero-order valence-corrected chi connectivity index (χ0v) is 12.2. The zero-order valence-electron chi connectivity index (χ0n) is 12.2. The number of benzene rings is 1. The van der Waals surface area contributed by atoms with Crippen LogP contribution in [-0.2, 0) is 0 Å². The highest BCUT2D eigenvalue weighted by Crippen LogP contribution is 2.24. The summed E-state index contributed by atoms with van der Waals surface area (Å²) in [6, 6.07) is 3.99. The Balaban J connectivity index is 2.30. The SMILES string of the molecule is C=CCN(CC(F)(F)F)C(=O)c1ccc2c(c1)C(=O)NCCO2. The van der Waals surface area contributed by atoms with Crippen molar-refractivity contribution in [3.63, 3.8) is 0 Å². The first-order chi connectivity index (χ1) is 10.8. The molecular formula is C15H15F3N2O3. The van der Waals surface area contributed by atoms with Gasteiger partial charge in [-0.1, -0.05) is 6.08 Å². The highest BCUT2D eigenvalue weighted by molar-refractivity contribution is 6.01. The van der Waals surface area contributed by atoms with Gasteiger partial charge in [0.25, 0.3) is 11.8 Å². The number of nitrogens with zero attached hydrogens (tertiary/aromatic N) is 1. The molecule has 5 nitrogen and oxygen atoms in total. The molecule has 0 atom stereocenters. The highest BCUT2D eigenvalue weighted by atomic mass is 19.4. The average Bonchev–Trinajstić information content (AvgIpc) is 2.66. The van der Waals surface area contributed by atoms with Crippen molar-refractivity contribution in [1.29, 1.82) is 0 Å². The topological polar surface area (TPSA) is 58.6 Å². The number of carbonyl (C=O) groups excluding carboxylic acids is 2. The van der Waals surface area contributed by atoms with E-state index in [2.05, 4.69) is 11.9 Å². The summed E-state index contributed by atoms with van der Waals surface area (Å²) in [5.74, 6) is -0.969. The lowest BCUT2D eigenvalue weighted by atomic mass is 10.1. The summed E-state index contributed by atoms with van der Waals surface area (Å²) in [4.78, 5) is 24.8. The standard InChI is InChI=1S/C15H15F3N2O3/c1-2-6-20(9-15(16,17)18)14(22)10-3-4-12-11(8-10)13(21)19-5-7-23-12/h2-4,8H,1,5-7,9H2,(H,19,21). The second kappa shape index (κ2) is 6.72. The van der Waals surface area contributed by atoms with Gasteiger partial charge in [-0.05, 0) is 18.2 Å². The van der Waals surface area contributed by atoms with E-state index >= 15 is 0 Å². The van der Waals surface area contributed by atoms with Crippen molar-refractivity contribution in [1.82, 2.24) is 10.2 Å². The maximum atomic E-state index is 12.6. The van der Waals surface area contributed by atoms with E-state index in [1.807, 2.05) is 0 Å². The van der Waals surface area contributed by atoms with Crippen molar-refractivity contribution in [3.8, 4) is 5.75 Å². The minimum atomic E-state index is -4.52. The van der Waals surface area contributed by atoms with Crippen LogP contribution in [0.2, 0.25) is 0 Å². The molecule has 0 unspecified atom stereocenters. The van der Waals surface area contributed by atoms with Gasteiger partial charge >= 0.3 is 6.18 Å². The summed E-state index contributed by atoms with van der Waals surface area (Å²) < 4.78 is 43.1. The molecule has 0 spiro atoms. The Bertz CT molecular complexity index is 629. The molecule has 8 heteroatoms. The van der Waals surface area contributed by atoms with Crippen molar-refractivity contribution in [2.75, 3.05) is 26.2 Å². The number of ether oxygens (including phenoxy) is 1. The molecule has 1 aliphatic rings. The molecule has 0 aromatic heterocycles. The number of amides is 2. The van der Waals surface area contributed by atoms with E-state index in [4.69, 9.17) is 4.74 Å². The van der Waals surface area contributed by atoms with Gasteiger partial charge in [0.15, 0.2) is 0 Å². The molecule has 23 heavy (non-hydrogen) atoms. The van der Waals surface area contributed by atoms with E-state index < -0.39 is 24.5 Å². The maximum absolute atomic E-state index is 12.6. The van der Waals surface area contributed by atoms with Gasteiger partial charge in [-0.2, -0.15) is 13.2 Å². The Labute approximate surface area is 130 Å². The van der Waals surface area contributed by atoms with Crippen LogP contribution in [0.4, 0.5) is 13.2 Å². The first kappa shape index (κ1) is 16.9. The molecule has 1 aromatic carbocycles. The number of fused-ring (bicyclic) bond motifs is 1. The molecule has 1 aromatic rings. The molecule has 1 heterocycles. The van der Waals surface area contributed by atoms with Gasteiger partial charge in [0.2, 0.25) is 0 Å². The number of hydrogen-bond acceptors (Lipinski definition) is 3. The smallest absolute Gasteiger partial charge is 0.406 e. The summed E-state index contributed by atoms with van der Waals surface area (Å²) in [5, 5.41) is 2.57. The van der Waals surface area contributed by atoms with Crippen LogP contribution in [0, 0.1) is 0 Å². The highest BCUT2D eigenvalue weighted by Gasteiger charge is 2.33. The third kappa shape index (κ3) is 4.24. The van der Waals surface area contributed by atoms with Crippen molar-refractivity contribution in [2.45, 2.75) is 6.18 Å². The summed E-state index contributed by atoms with van der Waals surface area (Å²) in [6.45, 7) is 2.31. The van der Waals surface area contributed by atoms with Gasteiger partial charge < -0.3 is 15.0 Å². The average molecular weight is 328 g/mol. The number of halogens is 3. The number of nitrogens with one attached hydrogen (secondary N) is 1. The van der Waals surface area contributed by atoms with Crippen LogP contribution in [0.15, 0.2) is 30.9 Å². The number of hydrogen-bond donors (Lipinski definition) is 1. The molecule has 0 bridgehead atoms. The molecule has 124 valence electrons. The largest absolute Gasteiger partial charge is 0.491 e. The lowest BCUT2D eigenvalue weighted by molar-refractivity contribution is -0.139. The lowest BCUT2D eigenvalue weighted by Crippen LogP contribution is -2.39. The molecule has 2 amide bonds. The summed E-state index contributed by atoms with van der Waals surface area (Å²) in [6.07, 6.45) is -3.31. The van der Waals surface area contributed by atoms with E-state index in [9.17, 15) is 22.8 Å². The van der Waals surface area contributed by atoms with Crippen molar-refractivity contribution >= 4 is 11.8 Å². The van der Waals surface area contributed by atoms with E-state index in [-0.39, 0.29) is 24.3 Å². The minimum absolute atomic E-state index is 0.0181. The fraction of sp³-hybridized carbons (Fsp3) is 0.333. The van der Waals surface area contributed by atoms with Gasteiger partial charge in [0.1, 0.15) is 18.9 Å². The van der Waals surface area contributed by atoms with Crippen molar-refractivity contribution < 1.29 is 27.5 Å². The van der Waals surface area contributed by atoms with Gasteiger partial charge in [-0.15, -0.1) is 6.58 Å². The molecule has 0 saturated carbocycles. The Morgan fingerprint density at radius 3 is 2.83 bits per heavy atom. The fourth-order valence-electron chi connectivity index (χ4n) is 2.16.